The molecule has 0 amide bonds. The van der Waals surface area contributed by atoms with E-state index in [0.717, 1.165) is 51.0 Å². The molecule has 0 aromatic rings. The normalized spacial score (nSPS) is 23.9. The Kier molecular flexibility index (Phi) is 14.9. The molecule has 1 saturated heterocycles. The van der Waals surface area contributed by atoms with Gasteiger partial charge in [-0.15, -0.1) is 0 Å². The fraction of sp³-hybridized carbons (Fsp3) is 0.812. The Morgan fingerprint density at radius 3 is 2.29 bits per heavy atom. The van der Waals surface area contributed by atoms with Crippen LogP contribution in [0.5, 0.6) is 0 Å². The number of rotatable bonds is 17. The fourth-order valence-corrected chi connectivity index (χ4v) is 6.09. The predicted octanol–water partition coefficient (Wildman–Crippen LogP) is 6.21. The summed E-state index contributed by atoms with van der Waals surface area (Å²) in [5, 5.41) is 0. The molecule has 0 radical (unpaired) electrons. The molecule has 0 bridgehead atoms. The number of ketones is 1. The van der Waals surface area contributed by atoms with Gasteiger partial charge in [0.2, 0.25) is 5.76 Å². The number of esters is 3. The van der Waals surface area contributed by atoms with Crippen LogP contribution in [0.25, 0.3) is 0 Å². The van der Waals surface area contributed by atoms with Crippen LogP contribution in [0, 0.1) is 17.3 Å². The quantitative estimate of drug-likeness (QED) is 0.0857. The molecule has 234 valence electrons. The molecule has 2 aliphatic rings. The fourth-order valence-electron chi connectivity index (χ4n) is 6.09. The van der Waals surface area contributed by atoms with E-state index in [-0.39, 0.29) is 30.2 Å². The molecule has 9 nitrogen and oxygen atoms in total. The Balaban J connectivity index is 2.13. The predicted molar refractivity (Wildman–Crippen MR) is 153 cm³/mol. The molecule has 0 aromatic carbocycles. The summed E-state index contributed by atoms with van der Waals surface area (Å²) in [6.07, 6.45) is 10.8. The highest BCUT2D eigenvalue weighted by atomic mass is 16.7. The smallest absolute Gasteiger partial charge is 0.373 e. The van der Waals surface area contributed by atoms with Crippen molar-refractivity contribution in [1.29, 1.82) is 0 Å². The molecule has 2 rings (SSSR count). The van der Waals surface area contributed by atoms with Crippen molar-refractivity contribution in [2.24, 2.45) is 17.3 Å². The zero-order valence-electron chi connectivity index (χ0n) is 26.0. The highest BCUT2D eigenvalue weighted by Gasteiger charge is 2.39. The van der Waals surface area contributed by atoms with Crippen LogP contribution in [-0.2, 0) is 42.9 Å². The van der Waals surface area contributed by atoms with E-state index in [1.807, 2.05) is 0 Å². The standard InChI is InChI=1S/C32H52O9/c1-7-8-18-32(4,5)19-11-12-24-14-16-27(39-22(2)33)25(24)15-17-28(40-23(3)34)26(35)21-29(31(36)37-6)41-30-13-9-10-20-38-30/h21,24-25,27-28,30H,7-20H2,1-6H3/t24-,25+,27-,28?,30?/m0/s1. The van der Waals surface area contributed by atoms with Gasteiger partial charge >= 0.3 is 17.9 Å². The van der Waals surface area contributed by atoms with Crippen molar-refractivity contribution in [3.8, 4) is 0 Å². The number of methoxy groups -OCH3 is 1. The third-order valence-electron chi connectivity index (χ3n) is 8.30. The van der Waals surface area contributed by atoms with Gasteiger partial charge < -0.3 is 23.7 Å². The van der Waals surface area contributed by atoms with Crippen molar-refractivity contribution < 1.29 is 42.9 Å². The molecule has 1 saturated carbocycles. The SMILES string of the molecule is CCCCC(C)(C)CCC[C@H]1CC[C@H](OC(C)=O)[C@@H]1CCC(OC(C)=O)C(=O)C=C(OC1CCCCO1)C(=O)OC. The zero-order valence-corrected chi connectivity index (χ0v) is 26.0. The zero-order chi connectivity index (χ0) is 30.4. The lowest BCUT2D eigenvalue weighted by Gasteiger charge is -2.28. The van der Waals surface area contributed by atoms with Crippen molar-refractivity contribution in [1.82, 2.24) is 0 Å². The third-order valence-corrected chi connectivity index (χ3v) is 8.30. The summed E-state index contributed by atoms with van der Waals surface area (Å²) in [6.45, 7) is 10.0. The summed E-state index contributed by atoms with van der Waals surface area (Å²) in [5.41, 5.74) is 0.292. The minimum absolute atomic E-state index is 0.0551. The van der Waals surface area contributed by atoms with Crippen molar-refractivity contribution in [2.45, 2.75) is 137 Å². The third kappa shape index (κ3) is 12.5. The van der Waals surface area contributed by atoms with Crippen LogP contribution in [0.2, 0.25) is 0 Å². The number of carbonyl (C=O) groups is 4. The summed E-state index contributed by atoms with van der Waals surface area (Å²) >= 11 is 0. The first-order valence-electron chi connectivity index (χ1n) is 15.4. The molecule has 2 fully saturated rings. The molecular weight excluding hydrogens is 528 g/mol. The van der Waals surface area contributed by atoms with E-state index in [9.17, 15) is 19.2 Å². The maximum absolute atomic E-state index is 13.3. The van der Waals surface area contributed by atoms with Gasteiger partial charge in [0, 0.05) is 26.3 Å². The molecule has 9 heteroatoms. The average molecular weight is 581 g/mol. The van der Waals surface area contributed by atoms with Crippen molar-refractivity contribution in [3.63, 3.8) is 0 Å². The number of hydrogen-bond acceptors (Lipinski definition) is 9. The second-order valence-corrected chi connectivity index (χ2v) is 12.3. The lowest BCUT2D eigenvalue weighted by atomic mass is 9.79. The van der Waals surface area contributed by atoms with Crippen LogP contribution in [0.4, 0.5) is 0 Å². The van der Waals surface area contributed by atoms with Crippen molar-refractivity contribution in [2.75, 3.05) is 13.7 Å². The van der Waals surface area contributed by atoms with Gasteiger partial charge in [0.05, 0.1) is 13.7 Å². The highest BCUT2D eigenvalue weighted by molar-refractivity contribution is 6.01. The Bertz CT molecular complexity index is 888. The van der Waals surface area contributed by atoms with Crippen LogP contribution in [0.15, 0.2) is 11.8 Å². The van der Waals surface area contributed by atoms with Crippen LogP contribution in [0.1, 0.15) is 118 Å². The summed E-state index contributed by atoms with van der Waals surface area (Å²) in [6, 6.07) is 0. The molecule has 0 spiro atoms. The van der Waals surface area contributed by atoms with Crippen LogP contribution in [-0.4, -0.2) is 55.9 Å². The Labute approximate surface area is 246 Å². The van der Waals surface area contributed by atoms with E-state index in [1.165, 1.54) is 40.2 Å². The summed E-state index contributed by atoms with van der Waals surface area (Å²) in [5.74, 6) is -2.15. The summed E-state index contributed by atoms with van der Waals surface area (Å²) < 4.78 is 27.1. The van der Waals surface area contributed by atoms with Gasteiger partial charge in [-0.2, -0.15) is 0 Å². The first kappa shape index (κ1) is 34.8. The van der Waals surface area contributed by atoms with E-state index in [1.54, 1.807) is 0 Å². The number of ether oxygens (including phenoxy) is 5. The van der Waals surface area contributed by atoms with E-state index >= 15 is 0 Å². The minimum Gasteiger partial charge on any atom is -0.463 e. The minimum atomic E-state index is -1.10. The van der Waals surface area contributed by atoms with Gasteiger partial charge in [-0.3, -0.25) is 14.4 Å². The molecule has 1 heterocycles. The topological polar surface area (TPSA) is 114 Å². The first-order valence-corrected chi connectivity index (χ1v) is 15.4. The Hall–Kier alpha value is -2.42. The van der Waals surface area contributed by atoms with Gasteiger partial charge in [0.15, 0.2) is 18.2 Å². The van der Waals surface area contributed by atoms with Crippen molar-refractivity contribution >= 4 is 23.7 Å². The molecular formula is C32H52O9. The lowest BCUT2D eigenvalue weighted by Crippen LogP contribution is -2.31. The highest BCUT2D eigenvalue weighted by Crippen LogP contribution is 2.42. The molecule has 5 atom stereocenters. The van der Waals surface area contributed by atoms with Gasteiger partial charge in [-0.25, -0.2) is 4.79 Å². The second-order valence-electron chi connectivity index (χ2n) is 12.3. The van der Waals surface area contributed by atoms with Gasteiger partial charge in [0.25, 0.3) is 0 Å². The van der Waals surface area contributed by atoms with Crippen LogP contribution in [0.3, 0.4) is 0 Å². The molecule has 1 aliphatic carbocycles. The Morgan fingerprint density at radius 1 is 0.951 bits per heavy atom. The molecule has 41 heavy (non-hydrogen) atoms. The van der Waals surface area contributed by atoms with Crippen LogP contribution >= 0.6 is 0 Å². The van der Waals surface area contributed by atoms with E-state index < -0.39 is 30.1 Å². The number of carbonyl (C=O) groups excluding carboxylic acids is 4. The van der Waals surface area contributed by atoms with Gasteiger partial charge in [-0.05, 0) is 68.6 Å². The molecule has 1 aliphatic heterocycles. The molecule has 0 aromatic heterocycles. The Morgan fingerprint density at radius 2 is 1.68 bits per heavy atom. The maximum atomic E-state index is 13.3. The summed E-state index contributed by atoms with van der Waals surface area (Å²) in [4.78, 5) is 49.4. The monoisotopic (exact) mass is 580 g/mol. The van der Waals surface area contributed by atoms with Gasteiger partial charge in [-0.1, -0.05) is 46.5 Å². The maximum Gasteiger partial charge on any atom is 0.373 e. The number of unbranched alkanes of at least 4 members (excludes halogenated alkanes) is 1. The van der Waals surface area contributed by atoms with E-state index in [2.05, 4.69) is 20.8 Å². The molecule has 2 unspecified atom stereocenters. The van der Waals surface area contributed by atoms with Crippen molar-refractivity contribution in [3.05, 3.63) is 11.8 Å². The number of hydrogen-bond donors (Lipinski definition) is 0. The average Bonchev–Trinajstić information content (AvgIpc) is 3.29. The second kappa shape index (κ2) is 17.5. The first-order chi connectivity index (χ1) is 19.5. The largest absolute Gasteiger partial charge is 0.463 e. The van der Waals surface area contributed by atoms with Crippen LogP contribution < -0.4 is 0 Å². The van der Waals surface area contributed by atoms with E-state index in [0.29, 0.717) is 30.8 Å². The van der Waals surface area contributed by atoms with Gasteiger partial charge in [0.1, 0.15) is 6.10 Å². The lowest BCUT2D eigenvalue weighted by molar-refractivity contribution is -0.162. The summed E-state index contributed by atoms with van der Waals surface area (Å²) in [7, 11) is 1.20. The molecule has 0 N–H and O–H groups in total. The van der Waals surface area contributed by atoms with E-state index in [4.69, 9.17) is 23.7 Å².